The van der Waals surface area contributed by atoms with Gasteiger partial charge in [-0.2, -0.15) is 0 Å². The first-order chi connectivity index (χ1) is 16.2. The van der Waals surface area contributed by atoms with E-state index in [4.69, 9.17) is 9.40 Å². The van der Waals surface area contributed by atoms with Crippen LogP contribution in [0.25, 0.3) is 27.9 Å². The molecule has 1 saturated heterocycles. The number of carbonyl (C=O) groups is 1. The zero-order valence-corrected chi connectivity index (χ0v) is 18.2. The van der Waals surface area contributed by atoms with Gasteiger partial charge in [0.2, 0.25) is 5.95 Å². The van der Waals surface area contributed by atoms with Gasteiger partial charge in [0.1, 0.15) is 6.26 Å². The summed E-state index contributed by atoms with van der Waals surface area (Å²) < 4.78 is 7.12. The van der Waals surface area contributed by atoms with Crippen LogP contribution in [0.5, 0.6) is 0 Å². The van der Waals surface area contributed by atoms with Crippen molar-refractivity contribution in [3.8, 4) is 11.4 Å². The molecular weight excluding hydrogens is 416 g/mol. The molecule has 0 unspecified atom stereocenters. The highest BCUT2D eigenvalue weighted by Crippen LogP contribution is 2.29. The Morgan fingerprint density at radius 1 is 0.970 bits per heavy atom. The molecule has 0 radical (unpaired) electrons. The van der Waals surface area contributed by atoms with Crippen LogP contribution in [0.2, 0.25) is 0 Å². The number of anilines is 1. The Hall–Kier alpha value is -4.20. The van der Waals surface area contributed by atoms with Gasteiger partial charge in [-0.25, -0.2) is 9.38 Å². The molecule has 6 rings (SSSR count). The fraction of sp³-hybridized carbons (Fsp3) is 0.200. The van der Waals surface area contributed by atoms with Gasteiger partial charge in [-0.3, -0.25) is 4.79 Å². The summed E-state index contributed by atoms with van der Waals surface area (Å²) in [5.74, 6) is 1.55. The Labute approximate surface area is 190 Å². The molecule has 1 aliphatic rings. The number of furan rings is 1. The number of piperazine rings is 1. The second-order valence-electron chi connectivity index (χ2n) is 8.27. The highest BCUT2D eigenvalue weighted by molar-refractivity contribution is 5.94. The van der Waals surface area contributed by atoms with Crippen LogP contribution in [-0.2, 0) is 0 Å². The molecule has 33 heavy (non-hydrogen) atoms. The van der Waals surface area contributed by atoms with Gasteiger partial charge in [-0.15, -0.1) is 10.2 Å². The summed E-state index contributed by atoms with van der Waals surface area (Å²) in [6.07, 6.45) is 3.02. The molecule has 164 valence electrons. The fourth-order valence-corrected chi connectivity index (χ4v) is 4.43. The average molecular weight is 438 g/mol. The molecule has 0 N–H and O–H groups in total. The third-order valence-electron chi connectivity index (χ3n) is 6.12. The number of amides is 1. The van der Waals surface area contributed by atoms with E-state index < -0.39 is 0 Å². The van der Waals surface area contributed by atoms with E-state index >= 15 is 0 Å². The number of aryl methyl sites for hydroxylation is 1. The largest absolute Gasteiger partial charge is 0.472 e. The maximum Gasteiger partial charge on any atom is 0.257 e. The number of hydrogen-bond acceptors (Lipinski definition) is 6. The quantitative estimate of drug-likeness (QED) is 0.426. The summed E-state index contributed by atoms with van der Waals surface area (Å²) in [6, 6.07) is 17.9. The highest BCUT2D eigenvalue weighted by Gasteiger charge is 2.26. The van der Waals surface area contributed by atoms with Crippen molar-refractivity contribution >= 4 is 28.4 Å². The predicted molar refractivity (Wildman–Crippen MR) is 125 cm³/mol. The van der Waals surface area contributed by atoms with Crippen LogP contribution in [-0.4, -0.2) is 56.6 Å². The van der Waals surface area contributed by atoms with Crippen LogP contribution in [0.4, 0.5) is 5.95 Å². The monoisotopic (exact) mass is 438 g/mol. The lowest BCUT2D eigenvalue weighted by Crippen LogP contribution is -2.49. The normalized spacial score (nSPS) is 14.3. The number of rotatable bonds is 3. The fourth-order valence-electron chi connectivity index (χ4n) is 4.43. The minimum absolute atomic E-state index is 0.00948. The summed E-state index contributed by atoms with van der Waals surface area (Å²) in [6.45, 7) is 4.59. The minimum Gasteiger partial charge on any atom is -0.472 e. The molecule has 1 aliphatic heterocycles. The van der Waals surface area contributed by atoms with E-state index in [9.17, 15) is 4.79 Å². The van der Waals surface area contributed by atoms with Crippen molar-refractivity contribution in [2.45, 2.75) is 6.92 Å². The number of carbonyl (C=O) groups excluding carboxylic acids is 1. The molecule has 0 spiro atoms. The standard InChI is InChI=1S/C25H22N6O2/c1-17-5-4-6-18(15-17)22-27-28-23-20-7-2-3-8-21(20)26-25(31(22)23)30-12-10-29(11-13-30)24(32)19-9-14-33-16-19/h2-9,14-16H,10-13H2,1H3. The zero-order chi connectivity index (χ0) is 22.4. The van der Waals surface area contributed by atoms with Gasteiger partial charge in [-0.05, 0) is 31.2 Å². The van der Waals surface area contributed by atoms with Gasteiger partial charge in [0, 0.05) is 37.1 Å². The molecular formula is C25H22N6O2. The summed E-state index contributed by atoms with van der Waals surface area (Å²) >= 11 is 0. The first kappa shape index (κ1) is 19.5. The van der Waals surface area contributed by atoms with Gasteiger partial charge in [0.05, 0.1) is 17.3 Å². The first-order valence-corrected chi connectivity index (χ1v) is 11.0. The molecule has 5 aromatic rings. The molecule has 1 fully saturated rings. The Kier molecular flexibility index (Phi) is 4.57. The molecule has 0 aliphatic carbocycles. The number of aromatic nitrogens is 4. The third-order valence-corrected chi connectivity index (χ3v) is 6.12. The molecule has 4 heterocycles. The Morgan fingerprint density at radius 2 is 1.82 bits per heavy atom. The van der Waals surface area contributed by atoms with E-state index in [0.29, 0.717) is 31.7 Å². The van der Waals surface area contributed by atoms with Crippen molar-refractivity contribution < 1.29 is 9.21 Å². The van der Waals surface area contributed by atoms with Crippen molar-refractivity contribution in [2.75, 3.05) is 31.1 Å². The summed E-state index contributed by atoms with van der Waals surface area (Å²) in [5.41, 5.74) is 4.39. The van der Waals surface area contributed by atoms with Crippen molar-refractivity contribution in [2.24, 2.45) is 0 Å². The Bertz CT molecular complexity index is 1470. The molecule has 1 amide bonds. The van der Waals surface area contributed by atoms with Crippen molar-refractivity contribution in [1.29, 1.82) is 0 Å². The van der Waals surface area contributed by atoms with E-state index in [1.54, 1.807) is 6.07 Å². The first-order valence-electron chi connectivity index (χ1n) is 11.0. The summed E-state index contributed by atoms with van der Waals surface area (Å²) in [4.78, 5) is 21.8. The van der Waals surface area contributed by atoms with E-state index in [1.165, 1.54) is 12.5 Å². The van der Waals surface area contributed by atoms with Crippen LogP contribution < -0.4 is 4.90 Å². The predicted octanol–water partition coefficient (Wildman–Crippen LogP) is 3.81. The number of nitrogens with zero attached hydrogens (tertiary/aromatic N) is 6. The number of benzene rings is 2. The minimum atomic E-state index is -0.00948. The molecule has 8 nitrogen and oxygen atoms in total. The van der Waals surface area contributed by atoms with Crippen molar-refractivity contribution in [1.82, 2.24) is 24.5 Å². The molecule has 3 aromatic heterocycles. The van der Waals surface area contributed by atoms with Crippen LogP contribution in [0, 0.1) is 6.92 Å². The van der Waals surface area contributed by atoms with E-state index in [2.05, 4.69) is 34.2 Å². The third kappa shape index (κ3) is 3.31. The molecule has 0 bridgehead atoms. The molecule has 8 heteroatoms. The number of hydrogen-bond donors (Lipinski definition) is 0. The van der Waals surface area contributed by atoms with Gasteiger partial charge in [0.15, 0.2) is 11.5 Å². The average Bonchev–Trinajstić information content (AvgIpc) is 3.54. The van der Waals surface area contributed by atoms with Crippen molar-refractivity contribution in [3.63, 3.8) is 0 Å². The maximum absolute atomic E-state index is 12.7. The highest BCUT2D eigenvalue weighted by atomic mass is 16.3. The topological polar surface area (TPSA) is 79.8 Å². The Morgan fingerprint density at radius 3 is 2.61 bits per heavy atom. The van der Waals surface area contributed by atoms with Crippen molar-refractivity contribution in [3.05, 3.63) is 78.3 Å². The lowest BCUT2D eigenvalue weighted by Gasteiger charge is -2.35. The van der Waals surface area contributed by atoms with Gasteiger partial charge >= 0.3 is 0 Å². The van der Waals surface area contributed by atoms with Crippen LogP contribution in [0.1, 0.15) is 15.9 Å². The smallest absolute Gasteiger partial charge is 0.257 e. The lowest BCUT2D eigenvalue weighted by atomic mass is 10.1. The zero-order valence-electron chi connectivity index (χ0n) is 18.2. The number of fused-ring (bicyclic) bond motifs is 3. The van der Waals surface area contributed by atoms with E-state index in [0.717, 1.165) is 39.4 Å². The SMILES string of the molecule is Cc1cccc(-c2nnc3c4ccccc4nc(N4CCN(C(=O)c5ccoc5)CC4)n23)c1. The molecule has 2 aromatic carbocycles. The van der Waals surface area contributed by atoms with E-state index in [-0.39, 0.29) is 5.91 Å². The van der Waals surface area contributed by atoms with Crippen LogP contribution >= 0.6 is 0 Å². The molecule has 0 saturated carbocycles. The Balaban J connectivity index is 1.42. The summed E-state index contributed by atoms with van der Waals surface area (Å²) in [5, 5.41) is 10.1. The second kappa shape index (κ2) is 7.74. The number of para-hydroxylation sites is 1. The van der Waals surface area contributed by atoms with Crippen LogP contribution in [0.3, 0.4) is 0 Å². The van der Waals surface area contributed by atoms with Gasteiger partial charge < -0.3 is 14.2 Å². The van der Waals surface area contributed by atoms with Gasteiger partial charge in [0.25, 0.3) is 5.91 Å². The summed E-state index contributed by atoms with van der Waals surface area (Å²) in [7, 11) is 0. The second-order valence-corrected chi connectivity index (χ2v) is 8.27. The molecule has 0 atom stereocenters. The lowest BCUT2D eigenvalue weighted by molar-refractivity contribution is 0.0745. The van der Waals surface area contributed by atoms with E-state index in [1.807, 2.05) is 45.7 Å². The maximum atomic E-state index is 12.7. The van der Waals surface area contributed by atoms with Crippen LogP contribution in [0.15, 0.2) is 71.5 Å². The van der Waals surface area contributed by atoms with Gasteiger partial charge in [-0.1, -0.05) is 35.9 Å².